The van der Waals surface area contributed by atoms with Gasteiger partial charge in [-0.3, -0.25) is 0 Å². The fourth-order valence-corrected chi connectivity index (χ4v) is 1.42. The molecule has 0 spiro atoms. The van der Waals surface area contributed by atoms with E-state index in [0.29, 0.717) is 0 Å². The second kappa shape index (κ2) is 3.97. The van der Waals surface area contributed by atoms with E-state index in [-0.39, 0.29) is 0 Å². The van der Waals surface area contributed by atoms with Crippen LogP contribution in [0.25, 0.3) is 0 Å². The largest absolute Gasteiger partial charge is 0.181 e. The molecule has 2 nitrogen and oxygen atoms in total. The monoisotopic (exact) mass is 146 g/mol. The van der Waals surface area contributed by atoms with E-state index in [1.165, 1.54) is 11.0 Å². The fourth-order valence-electron chi connectivity index (χ4n) is 0.348. The van der Waals surface area contributed by atoms with Gasteiger partial charge in [0.25, 0.3) is 0 Å². The molecule has 0 aliphatic carbocycles. The molecule has 0 bridgehead atoms. The summed E-state index contributed by atoms with van der Waals surface area (Å²) in [6.07, 6.45) is 3.13. The predicted molar refractivity (Wildman–Crippen MR) is 38.7 cm³/mol. The molecular weight excluding hydrogens is 140 g/mol. The highest BCUT2D eigenvalue weighted by Crippen LogP contribution is 2.25. The molecule has 0 saturated carbocycles. The Morgan fingerprint density at radius 3 is 3.50 bits per heavy atom. The SMILES string of the molecule is C1=C\SS/N=N\CC/1. The average molecular weight is 146 g/mol. The Morgan fingerprint density at radius 2 is 2.50 bits per heavy atom. The Morgan fingerprint density at radius 1 is 1.50 bits per heavy atom. The number of rotatable bonds is 0. The molecule has 1 aliphatic rings. The van der Waals surface area contributed by atoms with Crippen molar-refractivity contribution in [2.24, 2.45) is 9.63 Å². The molecule has 0 aromatic rings. The van der Waals surface area contributed by atoms with E-state index >= 15 is 0 Å². The minimum atomic E-state index is 0.837. The highest BCUT2D eigenvalue weighted by Gasteiger charge is 1.84. The van der Waals surface area contributed by atoms with Gasteiger partial charge in [0.15, 0.2) is 0 Å². The molecule has 0 unspecified atom stereocenters. The van der Waals surface area contributed by atoms with Crippen molar-refractivity contribution in [1.82, 2.24) is 0 Å². The van der Waals surface area contributed by atoms with Crippen LogP contribution in [-0.2, 0) is 0 Å². The minimum absolute atomic E-state index is 0.837. The van der Waals surface area contributed by atoms with Crippen LogP contribution in [-0.4, -0.2) is 6.54 Å². The van der Waals surface area contributed by atoms with Crippen molar-refractivity contribution in [3.63, 3.8) is 0 Å². The Balaban J connectivity index is 2.29. The van der Waals surface area contributed by atoms with Crippen LogP contribution in [0.15, 0.2) is 21.1 Å². The van der Waals surface area contributed by atoms with E-state index < -0.39 is 0 Å². The summed E-state index contributed by atoms with van der Waals surface area (Å²) in [7, 11) is 3.02. The molecule has 0 radical (unpaired) electrons. The zero-order valence-corrected chi connectivity index (χ0v) is 5.91. The molecule has 1 aliphatic heterocycles. The first-order valence-electron chi connectivity index (χ1n) is 2.34. The Hall–Kier alpha value is 0.0400. The topological polar surface area (TPSA) is 24.7 Å². The maximum absolute atomic E-state index is 3.85. The summed E-state index contributed by atoms with van der Waals surface area (Å²) in [5.74, 6) is 0. The van der Waals surface area contributed by atoms with Crippen molar-refractivity contribution < 1.29 is 0 Å². The number of hydrogen-bond donors (Lipinski definition) is 0. The third-order valence-electron chi connectivity index (χ3n) is 0.682. The highest BCUT2D eigenvalue weighted by molar-refractivity contribution is 8.77. The summed E-state index contributed by atoms with van der Waals surface area (Å²) >= 11 is 0. The molecule has 1 rings (SSSR count). The number of hydrogen-bond acceptors (Lipinski definition) is 4. The van der Waals surface area contributed by atoms with E-state index in [2.05, 4.69) is 15.7 Å². The van der Waals surface area contributed by atoms with E-state index in [4.69, 9.17) is 0 Å². The summed E-state index contributed by atoms with van der Waals surface area (Å²) in [4.78, 5) is 0. The Bertz CT molecular complexity index is 84.6. The lowest BCUT2D eigenvalue weighted by Crippen LogP contribution is -1.72. The van der Waals surface area contributed by atoms with E-state index in [1.54, 1.807) is 10.8 Å². The summed E-state index contributed by atoms with van der Waals surface area (Å²) < 4.78 is 3.78. The molecule has 44 valence electrons. The zero-order chi connectivity index (χ0) is 5.66. The van der Waals surface area contributed by atoms with Gasteiger partial charge in [-0.2, -0.15) is 5.11 Å². The van der Waals surface area contributed by atoms with Gasteiger partial charge in [-0.15, -0.1) is 4.52 Å². The molecule has 0 aromatic carbocycles. The first-order valence-corrected chi connectivity index (χ1v) is 4.51. The zero-order valence-electron chi connectivity index (χ0n) is 4.28. The summed E-state index contributed by atoms with van der Waals surface area (Å²) in [5.41, 5.74) is 0. The Labute approximate surface area is 56.4 Å². The third-order valence-corrected chi connectivity index (χ3v) is 2.04. The van der Waals surface area contributed by atoms with Gasteiger partial charge >= 0.3 is 0 Å². The second-order valence-electron chi connectivity index (χ2n) is 1.28. The van der Waals surface area contributed by atoms with Crippen LogP contribution >= 0.6 is 21.8 Å². The lowest BCUT2D eigenvalue weighted by Gasteiger charge is -1.90. The fraction of sp³-hybridized carbons (Fsp3) is 0.500. The van der Waals surface area contributed by atoms with Gasteiger partial charge in [0.2, 0.25) is 0 Å². The van der Waals surface area contributed by atoms with Gasteiger partial charge in [-0.05, 0) is 22.6 Å². The van der Waals surface area contributed by atoms with Gasteiger partial charge in [-0.1, -0.05) is 6.08 Å². The molecule has 0 amide bonds. The summed E-state index contributed by atoms with van der Waals surface area (Å²) in [5, 5.41) is 5.89. The molecule has 4 heteroatoms. The molecular formula is C4H6N2S2. The molecule has 8 heavy (non-hydrogen) atoms. The first-order chi connectivity index (χ1) is 4.00. The molecule has 1 heterocycles. The lowest BCUT2D eigenvalue weighted by atomic mass is 10.4. The van der Waals surface area contributed by atoms with Crippen LogP contribution in [0.2, 0.25) is 0 Å². The van der Waals surface area contributed by atoms with Crippen LogP contribution in [0.4, 0.5) is 0 Å². The van der Waals surface area contributed by atoms with Crippen LogP contribution in [0.5, 0.6) is 0 Å². The quantitative estimate of drug-likeness (QED) is 0.387. The van der Waals surface area contributed by atoms with Crippen molar-refractivity contribution in [3.8, 4) is 0 Å². The van der Waals surface area contributed by atoms with Gasteiger partial charge in [0, 0.05) is 0 Å². The number of nitrogens with zero attached hydrogens (tertiary/aromatic N) is 2. The average Bonchev–Trinajstić information content (AvgIpc) is 1.62. The van der Waals surface area contributed by atoms with Crippen molar-refractivity contribution in [3.05, 3.63) is 11.5 Å². The van der Waals surface area contributed by atoms with Gasteiger partial charge in [0.1, 0.15) is 0 Å². The van der Waals surface area contributed by atoms with Gasteiger partial charge < -0.3 is 0 Å². The van der Waals surface area contributed by atoms with E-state index in [1.807, 2.05) is 5.41 Å². The van der Waals surface area contributed by atoms with Crippen molar-refractivity contribution in [2.45, 2.75) is 6.42 Å². The maximum Gasteiger partial charge on any atom is 0.0716 e. The van der Waals surface area contributed by atoms with E-state index in [9.17, 15) is 0 Å². The van der Waals surface area contributed by atoms with E-state index in [0.717, 1.165) is 13.0 Å². The second-order valence-corrected chi connectivity index (χ2v) is 3.08. The maximum atomic E-state index is 3.85. The molecule has 0 atom stereocenters. The molecule has 0 N–H and O–H groups in total. The predicted octanol–water partition coefficient (Wildman–Crippen LogP) is 2.65. The van der Waals surface area contributed by atoms with Crippen LogP contribution in [0.1, 0.15) is 6.42 Å². The third kappa shape index (κ3) is 2.37. The lowest BCUT2D eigenvalue weighted by molar-refractivity contribution is 0.953. The summed E-state index contributed by atoms with van der Waals surface area (Å²) in [6, 6.07) is 0. The summed E-state index contributed by atoms with van der Waals surface area (Å²) in [6.45, 7) is 0.837. The van der Waals surface area contributed by atoms with Crippen LogP contribution in [0, 0.1) is 0 Å². The van der Waals surface area contributed by atoms with Crippen LogP contribution in [0.3, 0.4) is 0 Å². The van der Waals surface area contributed by atoms with Gasteiger partial charge in [0.05, 0.1) is 17.5 Å². The highest BCUT2D eigenvalue weighted by atomic mass is 33.1. The standard InChI is InChI=1S/C4H6N2S2/c1-2-4-7-8-6-5-3-1/h2,4H,1,3H2/b4-2-,6-5-. The van der Waals surface area contributed by atoms with Gasteiger partial charge in [-0.25, -0.2) is 0 Å². The molecule has 0 saturated heterocycles. The van der Waals surface area contributed by atoms with Crippen molar-refractivity contribution in [1.29, 1.82) is 0 Å². The van der Waals surface area contributed by atoms with Crippen LogP contribution < -0.4 is 0 Å². The first kappa shape index (κ1) is 6.16. The molecule has 0 fully saturated rings. The minimum Gasteiger partial charge on any atom is -0.181 e. The van der Waals surface area contributed by atoms with Crippen molar-refractivity contribution >= 4 is 21.8 Å². The smallest absolute Gasteiger partial charge is 0.0716 e. The Kier molecular flexibility index (Phi) is 3.06. The normalized spacial score (nSPS) is 28.0. The molecule has 0 aromatic heterocycles. The van der Waals surface area contributed by atoms with Crippen molar-refractivity contribution in [2.75, 3.05) is 6.54 Å².